The fraction of sp³-hybridized carbons (Fsp3) is 1.00. The molecule has 0 aromatic heterocycles. The second-order valence-electron chi connectivity index (χ2n) is 4.63. The zero-order valence-corrected chi connectivity index (χ0v) is 9.61. The lowest BCUT2D eigenvalue weighted by Gasteiger charge is -2.30. The van der Waals surface area contributed by atoms with Gasteiger partial charge in [0.1, 0.15) is 0 Å². The summed E-state index contributed by atoms with van der Waals surface area (Å²) in [6, 6.07) is 0. The third kappa shape index (κ3) is 26.5. The quantitative estimate of drug-likeness (QED) is 0.457. The summed E-state index contributed by atoms with van der Waals surface area (Å²) in [6.07, 6.45) is 6.81. The SMILES string of the molecule is C.C.C.C.C.C.C.C.CCCC(C)(CC)CC(C)CC. The summed E-state index contributed by atoms with van der Waals surface area (Å²) >= 11 is 0. The molecule has 0 heteroatoms. The van der Waals surface area contributed by atoms with E-state index in [4.69, 9.17) is 0 Å². The first kappa shape index (κ1) is 59.7. The number of hydrogen-bond acceptors (Lipinski definition) is 0. The van der Waals surface area contributed by atoms with Gasteiger partial charge in [0, 0.05) is 0 Å². The van der Waals surface area contributed by atoms with Crippen molar-refractivity contribution in [1.82, 2.24) is 0 Å². The minimum atomic E-state index is 0. The molecule has 0 heterocycles. The van der Waals surface area contributed by atoms with E-state index in [0.29, 0.717) is 5.41 Å². The van der Waals surface area contributed by atoms with E-state index >= 15 is 0 Å². The van der Waals surface area contributed by atoms with E-state index in [1.165, 1.54) is 32.1 Å². The summed E-state index contributed by atoms with van der Waals surface area (Å²) in [7, 11) is 0. The molecule has 0 amide bonds. The molecule has 0 radical (unpaired) electrons. The van der Waals surface area contributed by atoms with E-state index in [9.17, 15) is 0 Å². The van der Waals surface area contributed by atoms with Crippen LogP contribution in [0, 0.1) is 11.3 Å². The maximum absolute atomic E-state index is 2.45. The van der Waals surface area contributed by atoms with Gasteiger partial charge in [0.25, 0.3) is 0 Å². The van der Waals surface area contributed by atoms with Gasteiger partial charge in [-0.25, -0.2) is 0 Å². The molecular weight excluding hydrogens is 240 g/mol. The lowest BCUT2D eigenvalue weighted by molar-refractivity contribution is 0.214. The molecule has 0 nitrogen and oxygen atoms in total. The van der Waals surface area contributed by atoms with Gasteiger partial charge < -0.3 is 0 Å². The molecule has 0 bridgehead atoms. The van der Waals surface area contributed by atoms with Gasteiger partial charge in [-0.2, -0.15) is 0 Å². The molecule has 0 N–H and O–H groups in total. The van der Waals surface area contributed by atoms with Gasteiger partial charge in [-0.15, -0.1) is 0 Å². The molecule has 0 rings (SSSR count). The van der Waals surface area contributed by atoms with Gasteiger partial charge in [-0.1, -0.05) is 113 Å². The summed E-state index contributed by atoms with van der Waals surface area (Å²) in [5.74, 6) is 0.904. The van der Waals surface area contributed by atoms with E-state index in [1.807, 2.05) is 0 Å². The van der Waals surface area contributed by atoms with E-state index in [2.05, 4.69) is 34.6 Å². The summed E-state index contributed by atoms with van der Waals surface area (Å²) in [6.45, 7) is 11.8. The molecule has 0 aliphatic carbocycles. The zero-order chi connectivity index (χ0) is 9.61. The minimum absolute atomic E-state index is 0. The molecule has 0 fully saturated rings. The number of hydrogen-bond donors (Lipinski definition) is 0. The Morgan fingerprint density at radius 3 is 1.30 bits per heavy atom. The lowest BCUT2D eigenvalue weighted by Crippen LogP contribution is -2.18. The van der Waals surface area contributed by atoms with Gasteiger partial charge in [0.05, 0.1) is 0 Å². The first-order valence-electron chi connectivity index (χ1n) is 5.58. The normalized spacial score (nSPS) is 11.2. The average molecular weight is 299 g/mol. The first-order valence-corrected chi connectivity index (χ1v) is 5.58. The predicted octanol–water partition coefficient (Wildman–Crippen LogP) is 9.73. The Kier molecular flexibility index (Phi) is 93.7. The smallest absolute Gasteiger partial charge is 0.0326 e. The van der Waals surface area contributed by atoms with Gasteiger partial charge in [-0.05, 0) is 24.2 Å². The molecule has 0 aliphatic heterocycles. The second kappa shape index (κ2) is 31.4. The van der Waals surface area contributed by atoms with Gasteiger partial charge in [0.15, 0.2) is 0 Å². The summed E-state index contributed by atoms with van der Waals surface area (Å²) < 4.78 is 0. The predicted molar refractivity (Wildman–Crippen MR) is 111 cm³/mol. The van der Waals surface area contributed by atoms with Crippen LogP contribution >= 0.6 is 0 Å². The van der Waals surface area contributed by atoms with E-state index in [-0.39, 0.29) is 59.4 Å². The van der Waals surface area contributed by atoms with E-state index < -0.39 is 0 Å². The Morgan fingerprint density at radius 2 is 1.10 bits per heavy atom. The van der Waals surface area contributed by atoms with Crippen LogP contribution in [0.4, 0.5) is 0 Å². The minimum Gasteiger partial charge on any atom is -0.0776 e. The third-order valence-electron chi connectivity index (χ3n) is 3.25. The highest BCUT2D eigenvalue weighted by molar-refractivity contribution is 4.74. The molecule has 0 aromatic carbocycles. The molecule has 2 atom stereocenters. The van der Waals surface area contributed by atoms with Crippen LogP contribution in [-0.2, 0) is 0 Å². The molecule has 20 heavy (non-hydrogen) atoms. The first-order chi connectivity index (χ1) is 5.58. The molecule has 0 aliphatic rings. The van der Waals surface area contributed by atoms with Crippen LogP contribution in [0.15, 0.2) is 0 Å². The van der Waals surface area contributed by atoms with E-state index in [1.54, 1.807) is 0 Å². The Balaban J connectivity index is -0.0000000216. The molecule has 0 saturated heterocycles. The van der Waals surface area contributed by atoms with Crippen LogP contribution in [0.2, 0.25) is 0 Å². The largest absolute Gasteiger partial charge is 0.0776 e. The van der Waals surface area contributed by atoms with Crippen molar-refractivity contribution in [2.45, 2.75) is 126 Å². The maximum atomic E-state index is 2.45. The van der Waals surface area contributed by atoms with Crippen LogP contribution in [0.3, 0.4) is 0 Å². The third-order valence-corrected chi connectivity index (χ3v) is 3.25. The van der Waals surface area contributed by atoms with Gasteiger partial charge in [0.2, 0.25) is 0 Å². The van der Waals surface area contributed by atoms with Crippen LogP contribution in [0.1, 0.15) is 126 Å². The Bertz CT molecular complexity index is 107. The van der Waals surface area contributed by atoms with E-state index in [0.717, 1.165) is 5.92 Å². The zero-order valence-electron chi connectivity index (χ0n) is 9.61. The maximum Gasteiger partial charge on any atom is -0.0326 e. The lowest BCUT2D eigenvalue weighted by atomic mass is 9.75. The molecule has 0 aromatic rings. The standard InChI is InChI=1S/C12H26.8CH4/c1-6-9-12(5,8-3)10-11(4)7-2;;;;;;;;/h11H,6-10H2,1-5H3;8*1H4. The van der Waals surface area contributed by atoms with Crippen molar-refractivity contribution in [1.29, 1.82) is 0 Å². The molecule has 138 valence electrons. The van der Waals surface area contributed by atoms with Crippen molar-refractivity contribution in [3.63, 3.8) is 0 Å². The highest BCUT2D eigenvalue weighted by Crippen LogP contribution is 2.35. The molecule has 2 unspecified atom stereocenters. The van der Waals surface area contributed by atoms with Crippen LogP contribution in [-0.4, -0.2) is 0 Å². The molecule has 0 saturated carbocycles. The van der Waals surface area contributed by atoms with Crippen molar-refractivity contribution in [3.05, 3.63) is 0 Å². The van der Waals surface area contributed by atoms with Crippen molar-refractivity contribution >= 4 is 0 Å². The summed E-state index contributed by atoms with van der Waals surface area (Å²) in [4.78, 5) is 0. The average Bonchev–Trinajstić information content (AvgIpc) is 2.05. The highest BCUT2D eigenvalue weighted by Gasteiger charge is 2.22. The fourth-order valence-corrected chi connectivity index (χ4v) is 2.01. The van der Waals surface area contributed by atoms with Gasteiger partial charge >= 0.3 is 0 Å². The monoisotopic (exact) mass is 298 g/mol. The topological polar surface area (TPSA) is 0 Å². The van der Waals surface area contributed by atoms with Crippen molar-refractivity contribution in [3.8, 4) is 0 Å². The molecular formula is C20H58. The van der Waals surface area contributed by atoms with Crippen LogP contribution < -0.4 is 0 Å². The van der Waals surface area contributed by atoms with Crippen molar-refractivity contribution < 1.29 is 0 Å². The van der Waals surface area contributed by atoms with Crippen LogP contribution in [0.5, 0.6) is 0 Å². The van der Waals surface area contributed by atoms with Crippen molar-refractivity contribution in [2.24, 2.45) is 11.3 Å². The number of rotatable bonds is 6. The highest BCUT2D eigenvalue weighted by atomic mass is 14.3. The van der Waals surface area contributed by atoms with Crippen LogP contribution in [0.25, 0.3) is 0 Å². The molecule has 0 spiro atoms. The Labute approximate surface area is 138 Å². The fourth-order valence-electron chi connectivity index (χ4n) is 2.01. The Hall–Kier alpha value is 0. The van der Waals surface area contributed by atoms with Gasteiger partial charge in [-0.3, -0.25) is 0 Å². The summed E-state index contributed by atoms with van der Waals surface area (Å²) in [5, 5.41) is 0. The second-order valence-corrected chi connectivity index (χ2v) is 4.63. The summed E-state index contributed by atoms with van der Waals surface area (Å²) in [5.41, 5.74) is 0.615. The Morgan fingerprint density at radius 1 is 0.750 bits per heavy atom. The van der Waals surface area contributed by atoms with Crippen molar-refractivity contribution in [2.75, 3.05) is 0 Å².